The lowest BCUT2D eigenvalue weighted by Gasteiger charge is -2.18. The number of benzene rings is 1. The van der Waals surface area contributed by atoms with Crippen molar-refractivity contribution in [2.45, 2.75) is 26.0 Å². The Morgan fingerprint density at radius 3 is 2.50 bits per heavy atom. The zero-order valence-corrected chi connectivity index (χ0v) is 9.64. The van der Waals surface area contributed by atoms with Crippen molar-refractivity contribution in [2.24, 2.45) is 5.73 Å². The highest BCUT2D eigenvalue weighted by Crippen LogP contribution is 2.11. The SMILES string of the molecule is CC(C)OC(=O)NC(CN)c1ccccc1. The van der Waals surface area contributed by atoms with Gasteiger partial charge in [0.25, 0.3) is 0 Å². The molecule has 3 N–H and O–H groups in total. The Kier molecular flexibility index (Phi) is 4.79. The summed E-state index contributed by atoms with van der Waals surface area (Å²) in [5.41, 5.74) is 6.59. The largest absolute Gasteiger partial charge is 0.447 e. The van der Waals surface area contributed by atoms with Crippen molar-refractivity contribution in [1.82, 2.24) is 5.32 Å². The maximum Gasteiger partial charge on any atom is 0.407 e. The van der Waals surface area contributed by atoms with Crippen molar-refractivity contribution in [1.29, 1.82) is 0 Å². The Balaban J connectivity index is 2.59. The van der Waals surface area contributed by atoms with Crippen LogP contribution in [0.3, 0.4) is 0 Å². The van der Waals surface area contributed by atoms with Gasteiger partial charge in [0.05, 0.1) is 12.1 Å². The van der Waals surface area contributed by atoms with E-state index in [2.05, 4.69) is 5.32 Å². The highest BCUT2D eigenvalue weighted by atomic mass is 16.6. The lowest BCUT2D eigenvalue weighted by atomic mass is 10.1. The molecule has 16 heavy (non-hydrogen) atoms. The third kappa shape index (κ3) is 3.90. The number of ether oxygens (including phenoxy) is 1. The summed E-state index contributed by atoms with van der Waals surface area (Å²) in [4.78, 5) is 11.4. The van der Waals surface area contributed by atoms with Crippen molar-refractivity contribution in [3.05, 3.63) is 35.9 Å². The summed E-state index contributed by atoms with van der Waals surface area (Å²) in [5, 5.41) is 2.73. The van der Waals surface area contributed by atoms with Crippen molar-refractivity contribution >= 4 is 6.09 Å². The van der Waals surface area contributed by atoms with E-state index in [1.54, 1.807) is 13.8 Å². The van der Waals surface area contributed by atoms with Crippen molar-refractivity contribution < 1.29 is 9.53 Å². The second-order valence-corrected chi connectivity index (χ2v) is 3.80. The molecule has 1 aromatic rings. The van der Waals surface area contributed by atoms with Gasteiger partial charge in [-0.3, -0.25) is 0 Å². The Morgan fingerprint density at radius 2 is 2.00 bits per heavy atom. The molecule has 0 radical (unpaired) electrons. The van der Waals surface area contributed by atoms with Gasteiger partial charge >= 0.3 is 6.09 Å². The zero-order chi connectivity index (χ0) is 12.0. The van der Waals surface area contributed by atoms with Gasteiger partial charge in [0.2, 0.25) is 0 Å². The van der Waals surface area contributed by atoms with E-state index in [0.29, 0.717) is 6.54 Å². The van der Waals surface area contributed by atoms with Crippen LogP contribution >= 0.6 is 0 Å². The lowest BCUT2D eigenvalue weighted by Crippen LogP contribution is -2.34. The maximum absolute atomic E-state index is 11.4. The Bertz CT molecular complexity index is 325. The van der Waals surface area contributed by atoms with Gasteiger partial charge in [0, 0.05) is 6.54 Å². The number of hydrogen-bond acceptors (Lipinski definition) is 3. The molecule has 4 nitrogen and oxygen atoms in total. The smallest absolute Gasteiger partial charge is 0.407 e. The summed E-state index contributed by atoms with van der Waals surface area (Å²) in [5.74, 6) is 0. The van der Waals surface area contributed by atoms with Gasteiger partial charge in [-0.1, -0.05) is 30.3 Å². The fraction of sp³-hybridized carbons (Fsp3) is 0.417. The van der Waals surface area contributed by atoms with Crippen LogP contribution in [-0.4, -0.2) is 18.7 Å². The standard InChI is InChI=1S/C12H18N2O2/c1-9(2)16-12(15)14-11(8-13)10-6-4-3-5-7-10/h3-7,9,11H,8,13H2,1-2H3,(H,14,15). The third-order valence-electron chi connectivity index (χ3n) is 2.07. The first kappa shape index (κ1) is 12.5. The number of rotatable bonds is 4. The van der Waals surface area contributed by atoms with Gasteiger partial charge in [-0.05, 0) is 19.4 Å². The van der Waals surface area contributed by atoms with E-state index in [-0.39, 0.29) is 12.1 Å². The molecule has 0 fully saturated rings. The number of nitrogens with two attached hydrogens (primary N) is 1. The zero-order valence-electron chi connectivity index (χ0n) is 9.64. The summed E-state index contributed by atoms with van der Waals surface area (Å²) >= 11 is 0. The quantitative estimate of drug-likeness (QED) is 0.816. The van der Waals surface area contributed by atoms with Crippen molar-refractivity contribution in [3.63, 3.8) is 0 Å². The third-order valence-corrected chi connectivity index (χ3v) is 2.07. The van der Waals surface area contributed by atoms with Crippen LogP contribution in [0.5, 0.6) is 0 Å². The molecule has 0 aliphatic carbocycles. The van der Waals surface area contributed by atoms with Gasteiger partial charge in [0.1, 0.15) is 0 Å². The molecule has 1 unspecified atom stereocenters. The normalized spacial score (nSPS) is 12.2. The highest BCUT2D eigenvalue weighted by molar-refractivity contribution is 5.68. The second-order valence-electron chi connectivity index (χ2n) is 3.80. The molecule has 0 saturated carbocycles. The minimum atomic E-state index is -0.436. The maximum atomic E-state index is 11.4. The molecule has 0 spiro atoms. The molecule has 4 heteroatoms. The van der Waals surface area contributed by atoms with Crippen LogP contribution < -0.4 is 11.1 Å². The number of alkyl carbamates (subject to hydrolysis) is 1. The molecule has 0 heterocycles. The monoisotopic (exact) mass is 222 g/mol. The van der Waals surface area contributed by atoms with Gasteiger partial charge in [0.15, 0.2) is 0 Å². The van der Waals surface area contributed by atoms with E-state index >= 15 is 0 Å². The molecule has 1 atom stereocenters. The molecule has 0 bridgehead atoms. The molecule has 0 aliphatic rings. The van der Waals surface area contributed by atoms with Crippen LogP contribution in [0.1, 0.15) is 25.5 Å². The van der Waals surface area contributed by atoms with Gasteiger partial charge in [-0.25, -0.2) is 4.79 Å². The number of carbonyl (C=O) groups excluding carboxylic acids is 1. The minimum absolute atomic E-state index is 0.130. The first-order chi connectivity index (χ1) is 7.63. The average Bonchev–Trinajstić information content (AvgIpc) is 2.26. The molecule has 0 saturated heterocycles. The fourth-order valence-corrected chi connectivity index (χ4v) is 1.35. The van der Waals surface area contributed by atoms with Gasteiger partial charge in [-0.15, -0.1) is 0 Å². The molecular formula is C12H18N2O2. The topological polar surface area (TPSA) is 64.3 Å². The number of nitrogens with one attached hydrogen (secondary N) is 1. The van der Waals surface area contributed by atoms with E-state index in [1.807, 2.05) is 30.3 Å². The summed E-state index contributed by atoms with van der Waals surface area (Å²) in [6.07, 6.45) is -0.566. The summed E-state index contributed by atoms with van der Waals surface area (Å²) in [6, 6.07) is 9.39. The molecular weight excluding hydrogens is 204 g/mol. The first-order valence-electron chi connectivity index (χ1n) is 5.35. The van der Waals surface area contributed by atoms with Crippen molar-refractivity contribution in [3.8, 4) is 0 Å². The number of amides is 1. The van der Waals surface area contributed by atoms with Gasteiger partial charge in [-0.2, -0.15) is 0 Å². The van der Waals surface area contributed by atoms with Crippen LogP contribution in [0.25, 0.3) is 0 Å². The lowest BCUT2D eigenvalue weighted by molar-refractivity contribution is 0.112. The molecule has 0 aromatic heterocycles. The summed E-state index contributed by atoms with van der Waals surface area (Å²) in [7, 11) is 0. The van der Waals surface area contributed by atoms with E-state index in [0.717, 1.165) is 5.56 Å². The van der Waals surface area contributed by atoms with Crippen LogP contribution in [0, 0.1) is 0 Å². The first-order valence-corrected chi connectivity index (χ1v) is 5.35. The summed E-state index contributed by atoms with van der Waals surface area (Å²) < 4.78 is 5.00. The van der Waals surface area contributed by atoms with Crippen LogP contribution in [0.15, 0.2) is 30.3 Å². The van der Waals surface area contributed by atoms with E-state index in [4.69, 9.17) is 10.5 Å². The minimum Gasteiger partial charge on any atom is -0.447 e. The Labute approximate surface area is 95.8 Å². The number of carbonyl (C=O) groups is 1. The van der Waals surface area contributed by atoms with E-state index < -0.39 is 6.09 Å². The molecule has 88 valence electrons. The summed E-state index contributed by atoms with van der Waals surface area (Å²) in [6.45, 7) is 3.95. The predicted octanol–water partition coefficient (Wildman–Crippen LogP) is 1.82. The molecule has 1 aromatic carbocycles. The van der Waals surface area contributed by atoms with E-state index in [9.17, 15) is 4.79 Å². The van der Waals surface area contributed by atoms with E-state index in [1.165, 1.54) is 0 Å². The number of hydrogen-bond donors (Lipinski definition) is 2. The van der Waals surface area contributed by atoms with Crippen LogP contribution in [0.2, 0.25) is 0 Å². The highest BCUT2D eigenvalue weighted by Gasteiger charge is 2.13. The molecule has 1 rings (SSSR count). The average molecular weight is 222 g/mol. The Hall–Kier alpha value is -1.55. The van der Waals surface area contributed by atoms with Crippen LogP contribution in [0.4, 0.5) is 4.79 Å². The Morgan fingerprint density at radius 1 is 1.38 bits per heavy atom. The van der Waals surface area contributed by atoms with Crippen LogP contribution in [-0.2, 0) is 4.74 Å². The predicted molar refractivity (Wildman–Crippen MR) is 63.0 cm³/mol. The second kappa shape index (κ2) is 6.12. The van der Waals surface area contributed by atoms with Crippen molar-refractivity contribution in [2.75, 3.05) is 6.54 Å². The fourth-order valence-electron chi connectivity index (χ4n) is 1.35. The molecule has 1 amide bonds. The van der Waals surface area contributed by atoms with Gasteiger partial charge < -0.3 is 15.8 Å². The molecule has 0 aliphatic heterocycles.